The van der Waals surface area contributed by atoms with E-state index in [9.17, 15) is 9.59 Å². The molecule has 9 nitrogen and oxygen atoms in total. The smallest absolute Gasteiger partial charge is 0.272 e. The second kappa shape index (κ2) is 10.2. The standard InChI is InChI=1S/C24H26N6O3/c1-17(19-3-2-4-20-21(19)15-27-28-24(20)32)16-33-12-7-23(31)30-10-8-29(9-11-30)22-6-5-18(13-25)14-26-22/h2-6,14-15,17H,7-12,16H2,1H3,(H,28,32). The highest BCUT2D eigenvalue weighted by molar-refractivity contribution is 5.84. The van der Waals surface area contributed by atoms with Gasteiger partial charge in [0.25, 0.3) is 5.56 Å². The Morgan fingerprint density at radius 3 is 2.73 bits per heavy atom. The number of nitrogens with zero attached hydrogens (tertiary/aromatic N) is 5. The maximum atomic E-state index is 12.6. The molecular formula is C24H26N6O3. The summed E-state index contributed by atoms with van der Waals surface area (Å²) in [6.07, 6.45) is 3.57. The van der Waals surface area contributed by atoms with Crippen molar-refractivity contribution in [3.63, 3.8) is 0 Å². The molecule has 1 aromatic carbocycles. The number of carbonyl (C=O) groups is 1. The molecule has 3 heterocycles. The van der Waals surface area contributed by atoms with Crippen molar-refractivity contribution >= 4 is 22.5 Å². The zero-order chi connectivity index (χ0) is 23.2. The summed E-state index contributed by atoms with van der Waals surface area (Å²) < 4.78 is 5.80. The predicted octanol–water partition coefficient (Wildman–Crippen LogP) is 2.05. The molecule has 4 rings (SSSR count). The number of H-pyrrole nitrogens is 1. The molecule has 1 atom stereocenters. The number of pyridine rings is 1. The minimum atomic E-state index is -0.205. The summed E-state index contributed by atoms with van der Waals surface area (Å²) in [7, 11) is 0. The van der Waals surface area contributed by atoms with Gasteiger partial charge in [0, 0.05) is 43.7 Å². The summed E-state index contributed by atoms with van der Waals surface area (Å²) in [5, 5.41) is 16.7. The first kappa shape index (κ1) is 22.4. The van der Waals surface area contributed by atoms with Crippen LogP contribution in [0.25, 0.3) is 10.8 Å². The number of anilines is 1. The third-order valence-electron chi connectivity index (χ3n) is 5.94. The molecule has 0 bridgehead atoms. The lowest BCUT2D eigenvalue weighted by Gasteiger charge is -2.35. The van der Waals surface area contributed by atoms with Crippen molar-refractivity contribution in [3.05, 3.63) is 64.2 Å². The number of hydrogen-bond acceptors (Lipinski definition) is 7. The Labute approximate surface area is 191 Å². The van der Waals surface area contributed by atoms with Crippen LogP contribution in [0.1, 0.15) is 30.4 Å². The summed E-state index contributed by atoms with van der Waals surface area (Å²) in [5.74, 6) is 0.968. The molecule has 2 aromatic heterocycles. The number of nitriles is 1. The van der Waals surface area contributed by atoms with E-state index in [1.807, 2.05) is 30.0 Å². The molecule has 0 aliphatic carbocycles. The molecule has 0 saturated carbocycles. The number of rotatable bonds is 7. The van der Waals surface area contributed by atoms with Gasteiger partial charge >= 0.3 is 0 Å². The van der Waals surface area contributed by atoms with Crippen LogP contribution in [0.5, 0.6) is 0 Å². The summed E-state index contributed by atoms with van der Waals surface area (Å²) >= 11 is 0. The zero-order valence-electron chi connectivity index (χ0n) is 18.5. The van der Waals surface area contributed by atoms with Gasteiger partial charge in [0.15, 0.2) is 0 Å². The lowest BCUT2D eigenvalue weighted by molar-refractivity contribution is -0.132. The summed E-state index contributed by atoms with van der Waals surface area (Å²) in [5.41, 5.74) is 1.33. The molecule has 1 amide bonds. The van der Waals surface area contributed by atoms with E-state index in [-0.39, 0.29) is 17.4 Å². The highest BCUT2D eigenvalue weighted by Crippen LogP contribution is 2.23. The Balaban J connectivity index is 1.22. The number of piperazine rings is 1. The van der Waals surface area contributed by atoms with Crippen LogP contribution in [0.4, 0.5) is 5.82 Å². The van der Waals surface area contributed by atoms with Crippen molar-refractivity contribution in [1.29, 1.82) is 5.26 Å². The Kier molecular flexibility index (Phi) is 6.95. The third-order valence-corrected chi connectivity index (χ3v) is 5.94. The summed E-state index contributed by atoms with van der Waals surface area (Å²) in [6, 6.07) is 11.3. The fourth-order valence-electron chi connectivity index (χ4n) is 4.06. The van der Waals surface area contributed by atoms with E-state index in [0.717, 1.165) is 16.8 Å². The molecule has 170 valence electrons. The summed E-state index contributed by atoms with van der Waals surface area (Å²) in [4.78, 5) is 32.8. The van der Waals surface area contributed by atoms with Gasteiger partial charge in [-0.1, -0.05) is 19.1 Å². The molecule has 9 heteroatoms. The Hall–Kier alpha value is -3.77. The van der Waals surface area contributed by atoms with Gasteiger partial charge in [-0.05, 0) is 23.8 Å². The van der Waals surface area contributed by atoms with Gasteiger partial charge in [-0.25, -0.2) is 10.1 Å². The van der Waals surface area contributed by atoms with E-state index in [4.69, 9.17) is 10.00 Å². The number of hydrogen-bond donors (Lipinski definition) is 1. The Morgan fingerprint density at radius 1 is 1.18 bits per heavy atom. The van der Waals surface area contributed by atoms with Crippen LogP contribution in [0, 0.1) is 11.3 Å². The topological polar surface area (TPSA) is 115 Å². The number of aromatic amines is 1. The molecule has 33 heavy (non-hydrogen) atoms. The number of benzene rings is 1. The number of fused-ring (bicyclic) bond motifs is 1. The van der Waals surface area contributed by atoms with Crippen molar-refractivity contribution in [2.24, 2.45) is 0 Å². The second-order valence-electron chi connectivity index (χ2n) is 8.12. The van der Waals surface area contributed by atoms with Crippen molar-refractivity contribution < 1.29 is 9.53 Å². The molecule has 1 saturated heterocycles. The molecule has 0 radical (unpaired) electrons. The van der Waals surface area contributed by atoms with E-state index in [1.54, 1.807) is 24.5 Å². The van der Waals surface area contributed by atoms with Gasteiger partial charge in [-0.2, -0.15) is 10.4 Å². The van der Waals surface area contributed by atoms with Crippen LogP contribution in [-0.2, 0) is 9.53 Å². The van der Waals surface area contributed by atoms with Crippen LogP contribution >= 0.6 is 0 Å². The SMILES string of the molecule is CC(COCCC(=O)N1CCN(c2ccc(C#N)cn2)CC1)c1cccc2c(=O)[nH]ncc12. The van der Waals surface area contributed by atoms with Crippen LogP contribution in [-0.4, -0.2) is 65.4 Å². The molecule has 3 aromatic rings. The van der Waals surface area contributed by atoms with Crippen LogP contribution < -0.4 is 10.5 Å². The summed E-state index contributed by atoms with van der Waals surface area (Å²) in [6.45, 7) is 5.52. The maximum Gasteiger partial charge on any atom is 0.272 e. The van der Waals surface area contributed by atoms with Crippen LogP contribution in [0.3, 0.4) is 0 Å². The minimum Gasteiger partial charge on any atom is -0.380 e. The normalized spacial score (nSPS) is 14.8. The van der Waals surface area contributed by atoms with Gasteiger partial charge in [-0.15, -0.1) is 0 Å². The van der Waals surface area contributed by atoms with E-state index in [1.165, 1.54) is 0 Å². The molecule has 1 aliphatic heterocycles. The maximum absolute atomic E-state index is 12.6. The average Bonchev–Trinajstić information content (AvgIpc) is 2.86. The number of amides is 1. The zero-order valence-corrected chi connectivity index (χ0v) is 18.5. The molecule has 1 aliphatic rings. The highest BCUT2D eigenvalue weighted by Gasteiger charge is 2.22. The van der Waals surface area contributed by atoms with Crippen molar-refractivity contribution in [2.45, 2.75) is 19.3 Å². The number of nitrogens with one attached hydrogen (secondary N) is 1. The van der Waals surface area contributed by atoms with E-state index in [2.05, 4.69) is 26.2 Å². The Morgan fingerprint density at radius 2 is 2.00 bits per heavy atom. The molecule has 1 N–H and O–H groups in total. The number of carbonyl (C=O) groups excluding carboxylic acids is 1. The van der Waals surface area contributed by atoms with E-state index >= 15 is 0 Å². The average molecular weight is 447 g/mol. The van der Waals surface area contributed by atoms with Gasteiger partial charge < -0.3 is 14.5 Å². The van der Waals surface area contributed by atoms with E-state index < -0.39 is 0 Å². The number of ether oxygens (including phenoxy) is 1. The largest absolute Gasteiger partial charge is 0.380 e. The Bertz CT molecular complexity index is 1210. The van der Waals surface area contributed by atoms with Gasteiger partial charge in [0.2, 0.25) is 5.91 Å². The highest BCUT2D eigenvalue weighted by atomic mass is 16.5. The fourth-order valence-corrected chi connectivity index (χ4v) is 4.06. The third kappa shape index (κ3) is 5.18. The minimum absolute atomic E-state index is 0.0656. The van der Waals surface area contributed by atoms with Crippen molar-refractivity contribution in [3.8, 4) is 6.07 Å². The first-order valence-electron chi connectivity index (χ1n) is 11.0. The molecule has 1 fully saturated rings. The van der Waals surface area contributed by atoms with Crippen LogP contribution in [0.15, 0.2) is 47.5 Å². The second-order valence-corrected chi connectivity index (χ2v) is 8.12. The molecular weight excluding hydrogens is 420 g/mol. The first-order valence-corrected chi connectivity index (χ1v) is 11.0. The van der Waals surface area contributed by atoms with Crippen molar-refractivity contribution in [2.75, 3.05) is 44.3 Å². The lowest BCUT2D eigenvalue weighted by atomic mass is 9.97. The monoisotopic (exact) mass is 446 g/mol. The van der Waals surface area contributed by atoms with Gasteiger partial charge in [0.05, 0.1) is 36.8 Å². The lowest BCUT2D eigenvalue weighted by Crippen LogP contribution is -2.49. The van der Waals surface area contributed by atoms with Crippen molar-refractivity contribution in [1.82, 2.24) is 20.1 Å². The quantitative estimate of drug-likeness (QED) is 0.552. The molecule has 0 spiro atoms. The van der Waals surface area contributed by atoms with Gasteiger partial charge in [0.1, 0.15) is 11.9 Å². The fraction of sp³-hybridized carbons (Fsp3) is 0.375. The molecule has 1 unspecified atom stereocenters. The predicted molar refractivity (Wildman–Crippen MR) is 124 cm³/mol. The number of aromatic nitrogens is 3. The van der Waals surface area contributed by atoms with Gasteiger partial charge in [-0.3, -0.25) is 9.59 Å². The van der Waals surface area contributed by atoms with Crippen LogP contribution in [0.2, 0.25) is 0 Å². The first-order chi connectivity index (χ1) is 16.1. The van der Waals surface area contributed by atoms with E-state index in [0.29, 0.717) is 56.8 Å².